The molecule has 6 nitrogen and oxygen atoms in total. The lowest BCUT2D eigenvalue weighted by Gasteiger charge is -2.32. The lowest BCUT2D eigenvalue weighted by atomic mass is 10.00. The number of aromatic nitrogens is 2. The van der Waals surface area contributed by atoms with Gasteiger partial charge in [-0.1, -0.05) is 30.7 Å². The molecule has 0 saturated carbocycles. The number of aryl methyl sites for hydroxylation is 1. The van der Waals surface area contributed by atoms with Crippen molar-refractivity contribution < 1.29 is 4.79 Å². The summed E-state index contributed by atoms with van der Waals surface area (Å²) in [6, 6.07) is 8.04. The first-order valence-electron chi connectivity index (χ1n) is 9.98. The Bertz CT molecular complexity index is 1050. The highest BCUT2D eigenvalue weighted by molar-refractivity contribution is 6.33. The van der Waals surface area contributed by atoms with E-state index in [1.54, 1.807) is 6.20 Å². The number of fused-ring (bicyclic) bond motifs is 1. The van der Waals surface area contributed by atoms with Gasteiger partial charge in [-0.25, -0.2) is 4.98 Å². The van der Waals surface area contributed by atoms with Crippen LogP contribution in [0.15, 0.2) is 36.7 Å². The number of carbonyl (C=O) groups is 1. The Morgan fingerprint density at radius 2 is 1.93 bits per heavy atom. The maximum Gasteiger partial charge on any atom is 0.272 e. The first-order chi connectivity index (χ1) is 14.0. The summed E-state index contributed by atoms with van der Waals surface area (Å²) in [6.45, 7) is 5.67. The minimum Gasteiger partial charge on any atom is -0.335 e. The number of hydrogen-bond acceptors (Lipinski definition) is 4. The van der Waals surface area contributed by atoms with Crippen molar-refractivity contribution in [2.45, 2.75) is 19.9 Å². The summed E-state index contributed by atoms with van der Waals surface area (Å²) < 4.78 is 1.86. The van der Waals surface area contributed by atoms with E-state index < -0.39 is 0 Å². The SMILES string of the molecule is CCc1ccc(-c2cn3c(C(=O)N4CCN(C)CC4)cnc3cc2CN)c(Cl)c1. The monoisotopic (exact) mass is 411 g/mol. The van der Waals surface area contributed by atoms with Crippen LogP contribution >= 0.6 is 11.6 Å². The number of carbonyl (C=O) groups excluding carboxylic acids is 1. The van der Waals surface area contributed by atoms with Crippen molar-refractivity contribution in [2.75, 3.05) is 33.2 Å². The molecule has 1 saturated heterocycles. The third-order valence-corrected chi connectivity index (χ3v) is 6.01. The quantitative estimate of drug-likeness (QED) is 0.716. The fraction of sp³-hybridized carbons (Fsp3) is 0.364. The van der Waals surface area contributed by atoms with Gasteiger partial charge in [0.15, 0.2) is 0 Å². The molecule has 2 N–H and O–H groups in total. The second-order valence-electron chi connectivity index (χ2n) is 7.55. The molecule has 0 unspecified atom stereocenters. The molecule has 0 atom stereocenters. The topological polar surface area (TPSA) is 66.9 Å². The van der Waals surface area contributed by atoms with Crippen molar-refractivity contribution >= 4 is 23.2 Å². The van der Waals surface area contributed by atoms with Crippen molar-refractivity contribution in [1.82, 2.24) is 19.2 Å². The number of pyridine rings is 1. The van der Waals surface area contributed by atoms with Gasteiger partial charge in [0.1, 0.15) is 11.3 Å². The molecule has 0 aliphatic carbocycles. The van der Waals surface area contributed by atoms with E-state index in [9.17, 15) is 4.79 Å². The van der Waals surface area contributed by atoms with Crippen LogP contribution in [0.2, 0.25) is 5.02 Å². The predicted molar refractivity (Wildman–Crippen MR) is 116 cm³/mol. The zero-order chi connectivity index (χ0) is 20.5. The summed E-state index contributed by atoms with van der Waals surface area (Å²) in [6.07, 6.45) is 4.52. The number of amides is 1. The molecule has 152 valence electrons. The minimum absolute atomic E-state index is 0.00414. The van der Waals surface area contributed by atoms with Gasteiger partial charge >= 0.3 is 0 Å². The summed E-state index contributed by atoms with van der Waals surface area (Å²) in [5.41, 5.74) is 11.3. The molecule has 1 fully saturated rings. The fourth-order valence-corrected chi connectivity index (χ4v) is 4.11. The second kappa shape index (κ2) is 8.14. The van der Waals surface area contributed by atoms with Crippen LogP contribution in [0, 0.1) is 0 Å². The zero-order valence-corrected chi connectivity index (χ0v) is 17.6. The molecule has 3 aromatic rings. The number of benzene rings is 1. The highest BCUT2D eigenvalue weighted by Gasteiger charge is 2.23. The van der Waals surface area contributed by atoms with Gasteiger partial charge in [-0.15, -0.1) is 0 Å². The van der Waals surface area contributed by atoms with Crippen LogP contribution in [-0.2, 0) is 13.0 Å². The highest BCUT2D eigenvalue weighted by atomic mass is 35.5. The highest BCUT2D eigenvalue weighted by Crippen LogP contribution is 2.32. The number of hydrogen-bond donors (Lipinski definition) is 1. The molecular formula is C22H26ClN5O. The Morgan fingerprint density at radius 3 is 2.59 bits per heavy atom. The Kier molecular flexibility index (Phi) is 5.58. The number of imidazole rings is 1. The Balaban J connectivity index is 1.78. The van der Waals surface area contributed by atoms with Crippen molar-refractivity contribution in [3.05, 3.63) is 58.5 Å². The summed E-state index contributed by atoms with van der Waals surface area (Å²) in [5.74, 6) is 0.00414. The normalized spacial score (nSPS) is 15.2. The molecule has 0 radical (unpaired) electrons. The standard InChI is InChI=1S/C22H26ClN5O/c1-3-15-4-5-17(19(23)10-15)18-14-28-20(13-25-21(28)11-16(18)12-24)22(29)27-8-6-26(2)7-9-27/h4-5,10-11,13-14H,3,6-9,12,24H2,1-2H3. The van der Waals surface area contributed by atoms with E-state index in [1.165, 1.54) is 5.56 Å². The maximum absolute atomic E-state index is 13.1. The molecule has 2 aromatic heterocycles. The lowest BCUT2D eigenvalue weighted by molar-refractivity contribution is 0.0657. The molecule has 29 heavy (non-hydrogen) atoms. The smallest absolute Gasteiger partial charge is 0.272 e. The van der Waals surface area contributed by atoms with Gasteiger partial charge in [0.2, 0.25) is 0 Å². The van der Waals surface area contributed by atoms with E-state index in [4.69, 9.17) is 17.3 Å². The molecule has 7 heteroatoms. The van der Waals surface area contributed by atoms with Gasteiger partial charge in [0.05, 0.1) is 6.20 Å². The average molecular weight is 412 g/mol. The van der Waals surface area contributed by atoms with E-state index in [1.807, 2.05) is 33.7 Å². The summed E-state index contributed by atoms with van der Waals surface area (Å²) in [7, 11) is 2.07. The summed E-state index contributed by atoms with van der Waals surface area (Å²) in [5, 5.41) is 0.686. The Labute approximate surface area is 175 Å². The van der Waals surface area contributed by atoms with Gasteiger partial charge in [-0.3, -0.25) is 9.20 Å². The van der Waals surface area contributed by atoms with Crippen LogP contribution in [0.25, 0.3) is 16.8 Å². The first-order valence-corrected chi connectivity index (χ1v) is 10.4. The number of likely N-dealkylation sites (N-methyl/N-ethyl adjacent to an activating group) is 1. The van der Waals surface area contributed by atoms with Crippen LogP contribution in [0.3, 0.4) is 0 Å². The molecule has 1 aliphatic heterocycles. The molecule has 1 aliphatic rings. The van der Waals surface area contributed by atoms with Gasteiger partial charge in [0, 0.05) is 55.1 Å². The molecule has 1 aromatic carbocycles. The number of halogens is 1. The van der Waals surface area contributed by atoms with Gasteiger partial charge in [-0.05, 0) is 36.7 Å². The third kappa shape index (κ3) is 3.75. The van der Waals surface area contributed by atoms with E-state index in [0.29, 0.717) is 22.9 Å². The van der Waals surface area contributed by atoms with E-state index >= 15 is 0 Å². The van der Waals surface area contributed by atoms with E-state index in [-0.39, 0.29) is 5.91 Å². The average Bonchev–Trinajstić information content (AvgIpc) is 3.15. The maximum atomic E-state index is 13.1. The number of nitrogens with zero attached hydrogens (tertiary/aromatic N) is 4. The van der Waals surface area contributed by atoms with Gasteiger partial charge in [0.25, 0.3) is 5.91 Å². The van der Waals surface area contributed by atoms with E-state index in [2.05, 4.69) is 29.9 Å². The van der Waals surface area contributed by atoms with Gasteiger partial charge in [-0.2, -0.15) is 0 Å². The molecule has 0 spiro atoms. The van der Waals surface area contributed by atoms with Gasteiger partial charge < -0.3 is 15.5 Å². The Hall–Kier alpha value is -2.41. The zero-order valence-electron chi connectivity index (χ0n) is 16.9. The number of rotatable bonds is 4. The molecule has 4 rings (SSSR count). The Morgan fingerprint density at radius 1 is 1.17 bits per heavy atom. The third-order valence-electron chi connectivity index (χ3n) is 5.69. The van der Waals surface area contributed by atoms with Crippen molar-refractivity contribution in [3.8, 4) is 11.1 Å². The number of nitrogens with two attached hydrogens (primary N) is 1. The van der Waals surface area contributed by atoms with Crippen LogP contribution in [-0.4, -0.2) is 58.3 Å². The molecule has 0 bridgehead atoms. The van der Waals surface area contributed by atoms with Crippen LogP contribution < -0.4 is 5.73 Å². The summed E-state index contributed by atoms with van der Waals surface area (Å²) in [4.78, 5) is 21.7. The second-order valence-corrected chi connectivity index (χ2v) is 7.96. The summed E-state index contributed by atoms with van der Waals surface area (Å²) >= 11 is 6.59. The first kappa shape index (κ1) is 19.9. The predicted octanol–water partition coefficient (Wildman–Crippen LogP) is 3.06. The van der Waals surface area contributed by atoms with E-state index in [0.717, 1.165) is 49.3 Å². The van der Waals surface area contributed by atoms with Crippen molar-refractivity contribution in [1.29, 1.82) is 0 Å². The lowest BCUT2D eigenvalue weighted by Crippen LogP contribution is -2.47. The molecule has 3 heterocycles. The van der Waals surface area contributed by atoms with Crippen molar-refractivity contribution in [3.63, 3.8) is 0 Å². The minimum atomic E-state index is 0.00414. The molecule has 1 amide bonds. The number of piperazine rings is 1. The fourth-order valence-electron chi connectivity index (χ4n) is 3.80. The van der Waals surface area contributed by atoms with Crippen LogP contribution in [0.1, 0.15) is 28.5 Å². The largest absolute Gasteiger partial charge is 0.335 e. The molecular weight excluding hydrogens is 386 g/mol. The van der Waals surface area contributed by atoms with Crippen LogP contribution in [0.4, 0.5) is 0 Å². The van der Waals surface area contributed by atoms with Crippen LogP contribution in [0.5, 0.6) is 0 Å². The van der Waals surface area contributed by atoms with Crippen molar-refractivity contribution in [2.24, 2.45) is 5.73 Å².